The van der Waals surface area contributed by atoms with Gasteiger partial charge in [0.15, 0.2) is 5.76 Å². The van der Waals surface area contributed by atoms with E-state index in [1.165, 1.54) is 19.4 Å². The van der Waals surface area contributed by atoms with Crippen molar-refractivity contribution in [3.63, 3.8) is 0 Å². The molecule has 0 amide bonds. The van der Waals surface area contributed by atoms with Crippen molar-refractivity contribution in [1.29, 1.82) is 0 Å². The summed E-state index contributed by atoms with van der Waals surface area (Å²) in [4.78, 5) is 14.0. The van der Waals surface area contributed by atoms with Crippen LogP contribution >= 0.6 is 0 Å². The molecular formula is C16H19N7O. The van der Waals surface area contributed by atoms with E-state index in [4.69, 9.17) is 10.2 Å². The fourth-order valence-electron chi connectivity index (χ4n) is 3.75. The van der Waals surface area contributed by atoms with Gasteiger partial charge in [-0.05, 0) is 31.5 Å². The third kappa shape index (κ3) is 2.14. The van der Waals surface area contributed by atoms with Gasteiger partial charge in [0.1, 0.15) is 11.6 Å². The molecule has 24 heavy (non-hydrogen) atoms. The van der Waals surface area contributed by atoms with Crippen molar-refractivity contribution in [3.05, 3.63) is 24.5 Å². The Morgan fingerprint density at radius 3 is 3.04 bits per heavy atom. The van der Waals surface area contributed by atoms with Crippen LogP contribution in [0.1, 0.15) is 12.8 Å². The third-order valence-electron chi connectivity index (χ3n) is 4.98. The van der Waals surface area contributed by atoms with Crippen molar-refractivity contribution < 1.29 is 4.42 Å². The Bertz CT molecular complexity index is 872. The average molecular weight is 325 g/mol. The van der Waals surface area contributed by atoms with Gasteiger partial charge in [-0.15, -0.1) is 5.10 Å². The molecule has 0 spiro atoms. The molecule has 5 rings (SSSR count). The number of hydrogen-bond acceptors (Lipinski definition) is 7. The van der Waals surface area contributed by atoms with E-state index in [9.17, 15) is 0 Å². The summed E-state index contributed by atoms with van der Waals surface area (Å²) in [5, 5.41) is 4.39. The van der Waals surface area contributed by atoms with E-state index in [0.717, 1.165) is 25.5 Å². The van der Waals surface area contributed by atoms with Gasteiger partial charge < -0.3 is 15.1 Å². The highest BCUT2D eigenvalue weighted by Gasteiger charge is 2.31. The van der Waals surface area contributed by atoms with Crippen molar-refractivity contribution >= 4 is 17.4 Å². The summed E-state index contributed by atoms with van der Waals surface area (Å²) in [6.45, 7) is 4.28. The van der Waals surface area contributed by atoms with Crippen LogP contribution in [0.25, 0.3) is 17.4 Å². The first-order valence-corrected chi connectivity index (χ1v) is 8.34. The van der Waals surface area contributed by atoms with Crippen LogP contribution < -0.4 is 10.6 Å². The van der Waals surface area contributed by atoms with Crippen molar-refractivity contribution in [2.24, 2.45) is 0 Å². The normalized spacial score (nSPS) is 21.5. The summed E-state index contributed by atoms with van der Waals surface area (Å²) in [7, 11) is 0. The van der Waals surface area contributed by atoms with Crippen molar-refractivity contribution in [1.82, 2.24) is 24.5 Å². The standard InChI is InChI=1S/C16H19N7O/c17-13-9-14(22-7-6-21-5-1-3-11(21)10-22)18-16-19-15(20-23(13)16)12-4-2-8-24-12/h2,4,8-9,11H,1,3,5-7,10,17H2. The molecular weight excluding hydrogens is 306 g/mol. The van der Waals surface area contributed by atoms with Crippen LogP contribution in [0.2, 0.25) is 0 Å². The van der Waals surface area contributed by atoms with E-state index in [0.29, 0.717) is 29.2 Å². The molecule has 124 valence electrons. The minimum Gasteiger partial charge on any atom is -0.461 e. The molecule has 0 aliphatic carbocycles. The number of fused-ring (bicyclic) bond motifs is 2. The SMILES string of the molecule is Nc1cc(N2CCN3CCCC3C2)nc2nc(-c3ccco3)nn12. The number of anilines is 2. The lowest BCUT2D eigenvalue weighted by Crippen LogP contribution is -2.50. The number of furan rings is 1. The number of nitrogens with two attached hydrogens (primary N) is 1. The summed E-state index contributed by atoms with van der Waals surface area (Å²) in [6, 6.07) is 6.16. The average Bonchev–Trinajstić information content (AvgIpc) is 3.32. The Morgan fingerprint density at radius 1 is 1.21 bits per heavy atom. The van der Waals surface area contributed by atoms with Crippen LogP contribution in [-0.4, -0.2) is 56.7 Å². The van der Waals surface area contributed by atoms with Gasteiger partial charge in [0.25, 0.3) is 5.78 Å². The summed E-state index contributed by atoms with van der Waals surface area (Å²) in [6.07, 6.45) is 4.16. The van der Waals surface area contributed by atoms with Crippen LogP contribution in [0, 0.1) is 0 Å². The molecule has 8 heteroatoms. The summed E-state index contributed by atoms with van der Waals surface area (Å²) >= 11 is 0. The molecule has 0 bridgehead atoms. The van der Waals surface area contributed by atoms with Gasteiger partial charge in [-0.3, -0.25) is 4.90 Å². The Hall–Kier alpha value is -2.61. The fourth-order valence-corrected chi connectivity index (χ4v) is 3.75. The minimum atomic E-state index is 0.497. The molecule has 1 unspecified atom stereocenters. The second kappa shape index (κ2) is 5.20. The van der Waals surface area contributed by atoms with Gasteiger partial charge in [0.05, 0.1) is 6.26 Å². The predicted molar refractivity (Wildman–Crippen MR) is 89.7 cm³/mol. The van der Waals surface area contributed by atoms with Crippen LogP contribution in [0.3, 0.4) is 0 Å². The maximum absolute atomic E-state index is 6.19. The molecule has 3 aromatic heterocycles. The zero-order valence-corrected chi connectivity index (χ0v) is 13.3. The molecule has 3 aromatic rings. The molecule has 1 atom stereocenters. The number of rotatable bonds is 2. The van der Waals surface area contributed by atoms with E-state index in [1.807, 2.05) is 18.2 Å². The molecule has 2 aliphatic heterocycles. The Kier molecular flexibility index (Phi) is 2.99. The molecule has 2 saturated heterocycles. The maximum Gasteiger partial charge on any atom is 0.256 e. The van der Waals surface area contributed by atoms with E-state index in [-0.39, 0.29) is 0 Å². The highest BCUT2D eigenvalue weighted by molar-refractivity contribution is 5.57. The molecule has 2 aliphatic rings. The van der Waals surface area contributed by atoms with Gasteiger partial charge in [0, 0.05) is 31.7 Å². The van der Waals surface area contributed by atoms with Gasteiger partial charge >= 0.3 is 0 Å². The van der Waals surface area contributed by atoms with Gasteiger partial charge in [0.2, 0.25) is 5.82 Å². The van der Waals surface area contributed by atoms with Crippen LogP contribution in [-0.2, 0) is 0 Å². The summed E-state index contributed by atoms with van der Waals surface area (Å²) in [5.41, 5.74) is 6.19. The monoisotopic (exact) mass is 325 g/mol. The minimum absolute atomic E-state index is 0.497. The Balaban J connectivity index is 1.50. The van der Waals surface area contributed by atoms with Crippen LogP contribution in [0.4, 0.5) is 11.6 Å². The lowest BCUT2D eigenvalue weighted by atomic mass is 10.1. The first kappa shape index (κ1) is 13.8. The highest BCUT2D eigenvalue weighted by atomic mass is 16.3. The van der Waals surface area contributed by atoms with E-state index in [1.54, 1.807) is 10.8 Å². The molecule has 0 radical (unpaired) electrons. The summed E-state index contributed by atoms with van der Waals surface area (Å²) in [5.74, 6) is 3.03. The topological polar surface area (TPSA) is 88.7 Å². The zero-order chi connectivity index (χ0) is 16.1. The van der Waals surface area contributed by atoms with Gasteiger partial charge in [-0.2, -0.15) is 14.5 Å². The highest BCUT2D eigenvalue weighted by Crippen LogP contribution is 2.26. The van der Waals surface area contributed by atoms with Crippen LogP contribution in [0.15, 0.2) is 28.9 Å². The number of hydrogen-bond donors (Lipinski definition) is 1. The lowest BCUT2D eigenvalue weighted by Gasteiger charge is -2.38. The number of nitrogen functional groups attached to an aromatic ring is 1. The van der Waals surface area contributed by atoms with Crippen molar-refractivity contribution in [2.75, 3.05) is 36.8 Å². The molecule has 0 aromatic carbocycles. The Morgan fingerprint density at radius 2 is 2.17 bits per heavy atom. The largest absolute Gasteiger partial charge is 0.461 e. The second-order valence-corrected chi connectivity index (χ2v) is 6.44. The molecule has 2 N–H and O–H groups in total. The second-order valence-electron chi connectivity index (χ2n) is 6.44. The molecule has 0 saturated carbocycles. The zero-order valence-electron chi connectivity index (χ0n) is 13.3. The van der Waals surface area contributed by atoms with Crippen molar-refractivity contribution in [3.8, 4) is 11.6 Å². The maximum atomic E-state index is 6.19. The van der Waals surface area contributed by atoms with Gasteiger partial charge in [-0.1, -0.05) is 0 Å². The quantitative estimate of drug-likeness (QED) is 0.758. The summed E-state index contributed by atoms with van der Waals surface area (Å²) < 4.78 is 6.92. The molecule has 8 nitrogen and oxygen atoms in total. The van der Waals surface area contributed by atoms with E-state index in [2.05, 4.69) is 24.9 Å². The van der Waals surface area contributed by atoms with Crippen molar-refractivity contribution in [2.45, 2.75) is 18.9 Å². The number of nitrogens with zero attached hydrogens (tertiary/aromatic N) is 6. The van der Waals surface area contributed by atoms with Gasteiger partial charge in [-0.25, -0.2) is 0 Å². The van der Waals surface area contributed by atoms with E-state index >= 15 is 0 Å². The number of aromatic nitrogens is 4. The first-order valence-electron chi connectivity index (χ1n) is 8.34. The molecule has 2 fully saturated rings. The smallest absolute Gasteiger partial charge is 0.256 e. The van der Waals surface area contributed by atoms with Crippen LogP contribution in [0.5, 0.6) is 0 Å². The number of piperazine rings is 1. The molecule has 5 heterocycles. The lowest BCUT2D eigenvalue weighted by molar-refractivity contribution is 0.230. The van der Waals surface area contributed by atoms with E-state index < -0.39 is 0 Å². The first-order chi connectivity index (χ1) is 11.8. The predicted octanol–water partition coefficient (Wildman–Crippen LogP) is 1.25. The Labute approximate surface area is 138 Å². The fraction of sp³-hybridized carbons (Fsp3) is 0.438. The third-order valence-corrected chi connectivity index (χ3v) is 4.98.